The molecule has 0 aliphatic heterocycles. The summed E-state index contributed by atoms with van der Waals surface area (Å²) < 4.78 is 0. The number of carbonyl (C=O) groups is 1. The quantitative estimate of drug-likeness (QED) is 0.560. The number of carboxylic acids is 1. The molecule has 0 heterocycles. The lowest BCUT2D eigenvalue weighted by atomic mass is 10.1. The second kappa shape index (κ2) is 3.53. The van der Waals surface area contributed by atoms with Crippen LogP contribution in [0.15, 0.2) is 11.6 Å². The van der Waals surface area contributed by atoms with Crippen molar-refractivity contribution in [3.05, 3.63) is 11.6 Å². The van der Waals surface area contributed by atoms with Crippen molar-refractivity contribution in [3.63, 3.8) is 0 Å². The highest BCUT2D eigenvalue weighted by Crippen LogP contribution is 2.20. The number of allylic oxidation sites excluding steroid dienone is 1. The van der Waals surface area contributed by atoms with Crippen molar-refractivity contribution >= 4 is 5.97 Å². The molecule has 1 atom stereocenters. The Bertz CT molecular complexity index is 187. The summed E-state index contributed by atoms with van der Waals surface area (Å²) in [5.74, 6) is -1.15. The molecule has 62 valence electrons. The number of carboxylic acid groups (broad SMARTS) is 1. The van der Waals surface area contributed by atoms with Gasteiger partial charge in [-0.15, -0.1) is 0 Å². The van der Waals surface area contributed by atoms with E-state index < -0.39 is 12.0 Å². The maximum absolute atomic E-state index is 10.2. The van der Waals surface area contributed by atoms with E-state index in [1.165, 1.54) is 5.57 Å². The minimum Gasteiger partial charge on any atom is -0.548 e. The molecule has 0 amide bonds. The van der Waals surface area contributed by atoms with Crippen molar-refractivity contribution in [1.29, 1.82) is 0 Å². The number of hydrogen-bond acceptors (Lipinski definition) is 3. The fraction of sp³-hybridized carbons (Fsp3) is 0.625. The zero-order valence-corrected chi connectivity index (χ0v) is 6.38. The van der Waals surface area contributed by atoms with E-state index >= 15 is 0 Å². The average Bonchev–Trinajstić information content (AvgIpc) is 2.39. The van der Waals surface area contributed by atoms with E-state index in [9.17, 15) is 9.90 Å². The van der Waals surface area contributed by atoms with Gasteiger partial charge < -0.3 is 15.6 Å². The molecule has 1 rings (SSSR count). The summed E-state index contributed by atoms with van der Waals surface area (Å²) in [7, 11) is 0. The molecule has 3 nitrogen and oxygen atoms in total. The Hall–Kier alpha value is -0.830. The summed E-state index contributed by atoms with van der Waals surface area (Å²) in [5.41, 5.74) is 6.46. The van der Waals surface area contributed by atoms with Crippen LogP contribution in [-0.2, 0) is 4.79 Å². The van der Waals surface area contributed by atoms with Crippen LogP contribution in [0.4, 0.5) is 0 Å². The van der Waals surface area contributed by atoms with Gasteiger partial charge in [0.1, 0.15) is 0 Å². The van der Waals surface area contributed by atoms with Crippen LogP contribution in [0.3, 0.4) is 0 Å². The molecule has 1 aliphatic rings. The van der Waals surface area contributed by atoms with Crippen molar-refractivity contribution in [2.24, 2.45) is 5.73 Å². The van der Waals surface area contributed by atoms with E-state index in [4.69, 9.17) is 5.73 Å². The topological polar surface area (TPSA) is 66.2 Å². The molecular weight excluding hydrogens is 142 g/mol. The maximum atomic E-state index is 10.2. The Labute approximate surface area is 65.9 Å². The Morgan fingerprint density at radius 2 is 2.55 bits per heavy atom. The fourth-order valence-electron chi connectivity index (χ4n) is 1.29. The van der Waals surface area contributed by atoms with Gasteiger partial charge in [0.15, 0.2) is 0 Å². The van der Waals surface area contributed by atoms with Gasteiger partial charge >= 0.3 is 0 Å². The molecule has 0 aromatic heterocycles. The van der Waals surface area contributed by atoms with E-state index in [2.05, 4.69) is 6.08 Å². The third-order valence-electron chi connectivity index (χ3n) is 1.92. The van der Waals surface area contributed by atoms with Gasteiger partial charge in [-0.2, -0.15) is 0 Å². The third kappa shape index (κ3) is 2.35. The summed E-state index contributed by atoms with van der Waals surface area (Å²) >= 11 is 0. The van der Waals surface area contributed by atoms with Crippen LogP contribution in [-0.4, -0.2) is 12.0 Å². The second-order valence-corrected chi connectivity index (χ2v) is 2.88. The van der Waals surface area contributed by atoms with Crippen LogP contribution in [0.1, 0.15) is 25.7 Å². The molecule has 3 heteroatoms. The van der Waals surface area contributed by atoms with Crippen LogP contribution < -0.4 is 10.8 Å². The first-order chi connectivity index (χ1) is 5.20. The smallest absolute Gasteiger partial charge is 0.0585 e. The lowest BCUT2D eigenvalue weighted by Crippen LogP contribution is -2.41. The third-order valence-corrected chi connectivity index (χ3v) is 1.92. The molecule has 11 heavy (non-hydrogen) atoms. The first kappa shape index (κ1) is 8.27. The summed E-state index contributed by atoms with van der Waals surface area (Å²) in [4.78, 5) is 10.2. The highest BCUT2D eigenvalue weighted by molar-refractivity contribution is 5.71. The van der Waals surface area contributed by atoms with Gasteiger partial charge in [0.25, 0.3) is 0 Å². The van der Waals surface area contributed by atoms with Crippen LogP contribution in [0.2, 0.25) is 0 Å². The first-order valence-corrected chi connectivity index (χ1v) is 3.84. The Morgan fingerprint density at radius 1 is 1.82 bits per heavy atom. The number of rotatable bonds is 3. The molecule has 0 bridgehead atoms. The molecule has 0 fully saturated rings. The van der Waals surface area contributed by atoms with Gasteiger partial charge in [0, 0.05) is 6.04 Å². The Balaban J connectivity index is 2.35. The largest absolute Gasteiger partial charge is 0.548 e. The molecule has 0 radical (unpaired) electrons. The van der Waals surface area contributed by atoms with Crippen molar-refractivity contribution in [2.75, 3.05) is 0 Å². The minimum atomic E-state index is -1.15. The molecule has 0 saturated carbocycles. The van der Waals surface area contributed by atoms with E-state index in [1.54, 1.807) is 0 Å². The standard InChI is InChI=1S/C8H13NO2/c9-7(8(10)11)5-6-3-1-2-4-6/h3,7H,1-2,4-5,9H2,(H,10,11)/p-1/t7-/m0/s1. The number of aliphatic carboxylic acids is 1. The number of carbonyl (C=O) groups excluding carboxylic acids is 1. The van der Waals surface area contributed by atoms with Gasteiger partial charge in [-0.05, 0) is 25.7 Å². The average molecular weight is 154 g/mol. The van der Waals surface area contributed by atoms with E-state index in [1.807, 2.05) is 0 Å². The van der Waals surface area contributed by atoms with Gasteiger partial charge in [0.2, 0.25) is 0 Å². The predicted molar refractivity (Wildman–Crippen MR) is 39.5 cm³/mol. The molecule has 1 aliphatic carbocycles. The van der Waals surface area contributed by atoms with Crippen LogP contribution in [0, 0.1) is 0 Å². The highest BCUT2D eigenvalue weighted by Gasteiger charge is 2.09. The molecule has 0 spiro atoms. The Morgan fingerprint density at radius 3 is 3.00 bits per heavy atom. The summed E-state index contributed by atoms with van der Waals surface area (Å²) in [6.07, 6.45) is 5.73. The highest BCUT2D eigenvalue weighted by atomic mass is 16.4. The van der Waals surface area contributed by atoms with Crippen molar-refractivity contribution < 1.29 is 9.90 Å². The van der Waals surface area contributed by atoms with Gasteiger partial charge in [-0.25, -0.2) is 0 Å². The van der Waals surface area contributed by atoms with Crippen molar-refractivity contribution in [2.45, 2.75) is 31.7 Å². The van der Waals surface area contributed by atoms with Gasteiger partial charge in [-0.1, -0.05) is 11.6 Å². The summed E-state index contributed by atoms with van der Waals surface area (Å²) in [6.45, 7) is 0. The number of nitrogens with two attached hydrogens (primary N) is 1. The lowest BCUT2D eigenvalue weighted by Gasteiger charge is -2.12. The summed E-state index contributed by atoms with van der Waals surface area (Å²) in [6, 6.07) is -0.820. The molecule has 0 saturated heterocycles. The van der Waals surface area contributed by atoms with E-state index in [0.717, 1.165) is 19.3 Å². The molecule has 2 N–H and O–H groups in total. The monoisotopic (exact) mass is 154 g/mol. The van der Waals surface area contributed by atoms with E-state index in [0.29, 0.717) is 6.42 Å². The molecule has 0 aromatic rings. The fourth-order valence-corrected chi connectivity index (χ4v) is 1.29. The molecule has 0 aromatic carbocycles. The molecular formula is C8H12NO2-. The number of hydrogen-bond donors (Lipinski definition) is 1. The van der Waals surface area contributed by atoms with Gasteiger partial charge in [-0.3, -0.25) is 0 Å². The van der Waals surface area contributed by atoms with Crippen LogP contribution in [0.25, 0.3) is 0 Å². The zero-order valence-electron chi connectivity index (χ0n) is 6.38. The normalized spacial score (nSPS) is 19.5. The van der Waals surface area contributed by atoms with Crippen LogP contribution in [0.5, 0.6) is 0 Å². The SMILES string of the molecule is N[C@@H](CC1=CCCC1)C(=O)[O-]. The van der Waals surface area contributed by atoms with E-state index in [-0.39, 0.29) is 0 Å². The van der Waals surface area contributed by atoms with Gasteiger partial charge in [0.05, 0.1) is 5.97 Å². The van der Waals surface area contributed by atoms with Crippen LogP contribution >= 0.6 is 0 Å². The van der Waals surface area contributed by atoms with Crippen molar-refractivity contribution in [3.8, 4) is 0 Å². The lowest BCUT2D eigenvalue weighted by molar-refractivity contribution is -0.307. The minimum absolute atomic E-state index is 0.461. The second-order valence-electron chi connectivity index (χ2n) is 2.88. The molecule has 0 unspecified atom stereocenters. The predicted octanol–water partition coefficient (Wildman–Crippen LogP) is -0.436. The maximum Gasteiger partial charge on any atom is 0.0585 e. The summed E-state index contributed by atoms with van der Waals surface area (Å²) in [5, 5.41) is 10.2. The first-order valence-electron chi connectivity index (χ1n) is 3.84. The Kier molecular flexibility index (Phi) is 2.65. The van der Waals surface area contributed by atoms with Crippen molar-refractivity contribution in [1.82, 2.24) is 0 Å². The zero-order chi connectivity index (χ0) is 8.27.